The predicted octanol–water partition coefficient (Wildman–Crippen LogP) is 2.58. The van der Waals surface area contributed by atoms with Crippen LogP contribution in [0.5, 0.6) is 5.75 Å². The van der Waals surface area contributed by atoms with Gasteiger partial charge >= 0.3 is 5.97 Å². The van der Waals surface area contributed by atoms with E-state index in [0.29, 0.717) is 35.4 Å². The highest BCUT2D eigenvalue weighted by Gasteiger charge is 2.40. The number of anilines is 1. The minimum atomic E-state index is -3.88. The zero-order chi connectivity index (χ0) is 21.9. The topological polar surface area (TPSA) is 102 Å². The number of rotatable bonds is 6. The molecule has 0 spiro atoms. The van der Waals surface area contributed by atoms with Gasteiger partial charge in [-0.15, -0.1) is 0 Å². The third kappa shape index (κ3) is 4.31. The van der Waals surface area contributed by atoms with Crippen LogP contribution in [0.2, 0.25) is 0 Å². The van der Waals surface area contributed by atoms with E-state index in [2.05, 4.69) is 10.1 Å². The highest BCUT2D eigenvalue weighted by Crippen LogP contribution is 2.30. The van der Waals surface area contributed by atoms with E-state index < -0.39 is 27.9 Å². The van der Waals surface area contributed by atoms with Crippen molar-refractivity contribution < 1.29 is 27.5 Å². The summed E-state index contributed by atoms with van der Waals surface area (Å²) in [5.74, 6) is -0.456. The van der Waals surface area contributed by atoms with Gasteiger partial charge in [0.15, 0.2) is 0 Å². The van der Waals surface area contributed by atoms with E-state index >= 15 is 0 Å². The molecule has 1 saturated heterocycles. The summed E-state index contributed by atoms with van der Waals surface area (Å²) in [6.07, 6.45) is 1.01. The van der Waals surface area contributed by atoms with Crippen LogP contribution in [0.3, 0.4) is 0 Å². The summed E-state index contributed by atoms with van der Waals surface area (Å²) < 4.78 is 37.6. The second-order valence-corrected chi connectivity index (χ2v) is 8.82. The number of methoxy groups -OCH3 is 2. The van der Waals surface area contributed by atoms with Crippen molar-refractivity contribution >= 4 is 27.6 Å². The van der Waals surface area contributed by atoms with Gasteiger partial charge in [0.2, 0.25) is 15.9 Å². The first-order valence-electron chi connectivity index (χ1n) is 9.43. The standard InChI is InChI=1S/C21H24N2O6S/c1-14-6-11-17(28-2)13-19(14)30(26,27)23-12-4-5-18(23)20(24)22-16-9-7-15(8-10-16)21(25)29-3/h6-11,13,18H,4-5,12H2,1-3H3,(H,22,24). The molecule has 0 aliphatic carbocycles. The minimum absolute atomic E-state index is 0.129. The molecule has 1 heterocycles. The third-order valence-electron chi connectivity index (χ3n) is 5.06. The summed E-state index contributed by atoms with van der Waals surface area (Å²) in [6, 6.07) is 10.2. The van der Waals surface area contributed by atoms with Crippen molar-refractivity contribution in [2.45, 2.75) is 30.7 Å². The van der Waals surface area contributed by atoms with E-state index in [1.54, 1.807) is 31.2 Å². The number of nitrogens with one attached hydrogen (secondary N) is 1. The summed E-state index contributed by atoms with van der Waals surface area (Å²) in [5.41, 5.74) is 1.41. The van der Waals surface area contributed by atoms with Gasteiger partial charge in [0, 0.05) is 18.3 Å². The summed E-state index contributed by atoms with van der Waals surface area (Å²) in [7, 11) is -1.12. The molecule has 2 aromatic rings. The fourth-order valence-corrected chi connectivity index (χ4v) is 5.33. The fourth-order valence-electron chi connectivity index (χ4n) is 3.43. The van der Waals surface area contributed by atoms with Crippen molar-refractivity contribution in [3.63, 3.8) is 0 Å². The lowest BCUT2D eigenvalue weighted by atomic mass is 10.2. The quantitative estimate of drug-likeness (QED) is 0.704. The van der Waals surface area contributed by atoms with Crippen molar-refractivity contribution in [1.29, 1.82) is 0 Å². The van der Waals surface area contributed by atoms with Crippen molar-refractivity contribution in [3.05, 3.63) is 53.6 Å². The largest absolute Gasteiger partial charge is 0.497 e. The minimum Gasteiger partial charge on any atom is -0.497 e. The SMILES string of the molecule is COC(=O)c1ccc(NC(=O)C2CCCN2S(=O)(=O)c2cc(OC)ccc2C)cc1. The summed E-state index contributed by atoms with van der Waals surface area (Å²) in [5, 5.41) is 2.74. The van der Waals surface area contributed by atoms with E-state index in [-0.39, 0.29) is 11.4 Å². The summed E-state index contributed by atoms with van der Waals surface area (Å²) in [6.45, 7) is 1.97. The number of benzene rings is 2. The number of hydrogen-bond acceptors (Lipinski definition) is 6. The normalized spacial score (nSPS) is 16.8. The number of ether oxygens (including phenoxy) is 2. The number of esters is 1. The van der Waals surface area contributed by atoms with Crippen LogP contribution in [0, 0.1) is 6.92 Å². The molecule has 30 heavy (non-hydrogen) atoms. The van der Waals surface area contributed by atoms with Gasteiger partial charge in [-0.25, -0.2) is 13.2 Å². The zero-order valence-corrected chi connectivity index (χ0v) is 17.9. The number of aryl methyl sites for hydroxylation is 1. The molecule has 0 bridgehead atoms. The lowest BCUT2D eigenvalue weighted by Gasteiger charge is -2.24. The average molecular weight is 432 g/mol. The van der Waals surface area contributed by atoms with E-state index in [4.69, 9.17) is 4.74 Å². The Kier molecular flexibility index (Phi) is 6.42. The number of carbonyl (C=O) groups excluding carboxylic acids is 2. The van der Waals surface area contributed by atoms with Gasteiger partial charge in [-0.2, -0.15) is 4.31 Å². The molecule has 3 rings (SSSR count). The lowest BCUT2D eigenvalue weighted by Crippen LogP contribution is -2.43. The molecule has 1 N–H and O–H groups in total. The Labute approximate surface area is 175 Å². The van der Waals surface area contributed by atoms with Crippen LogP contribution >= 0.6 is 0 Å². The predicted molar refractivity (Wildman–Crippen MR) is 111 cm³/mol. The van der Waals surface area contributed by atoms with E-state index in [1.807, 2.05) is 0 Å². The maximum absolute atomic E-state index is 13.3. The van der Waals surface area contributed by atoms with Crippen LogP contribution in [-0.2, 0) is 19.6 Å². The molecular weight excluding hydrogens is 408 g/mol. The van der Waals surface area contributed by atoms with E-state index in [9.17, 15) is 18.0 Å². The number of hydrogen-bond donors (Lipinski definition) is 1. The molecule has 1 atom stereocenters. The number of nitrogens with zero attached hydrogens (tertiary/aromatic N) is 1. The van der Waals surface area contributed by atoms with Gasteiger partial charge in [0.05, 0.1) is 24.7 Å². The molecule has 160 valence electrons. The fraction of sp³-hybridized carbons (Fsp3) is 0.333. The molecule has 0 aromatic heterocycles. The molecule has 1 aliphatic rings. The molecule has 1 amide bonds. The van der Waals surface area contributed by atoms with Gasteiger partial charge in [-0.1, -0.05) is 6.07 Å². The van der Waals surface area contributed by atoms with Gasteiger partial charge in [0.1, 0.15) is 11.8 Å². The summed E-state index contributed by atoms with van der Waals surface area (Å²) in [4.78, 5) is 24.5. The Morgan fingerprint density at radius 2 is 1.80 bits per heavy atom. The first kappa shape index (κ1) is 21.8. The Balaban J connectivity index is 1.81. The van der Waals surface area contributed by atoms with Crippen molar-refractivity contribution in [3.8, 4) is 5.75 Å². The highest BCUT2D eigenvalue weighted by atomic mass is 32.2. The van der Waals surface area contributed by atoms with Crippen LogP contribution in [-0.4, -0.2) is 51.4 Å². The first-order chi connectivity index (χ1) is 14.3. The second-order valence-electron chi connectivity index (χ2n) is 6.96. The van der Waals surface area contributed by atoms with Gasteiger partial charge in [-0.3, -0.25) is 4.79 Å². The van der Waals surface area contributed by atoms with Crippen molar-refractivity contribution in [1.82, 2.24) is 4.31 Å². The molecule has 9 heteroatoms. The number of carbonyl (C=O) groups is 2. The smallest absolute Gasteiger partial charge is 0.337 e. The molecule has 1 fully saturated rings. The van der Waals surface area contributed by atoms with Gasteiger partial charge in [-0.05, 0) is 55.7 Å². The monoisotopic (exact) mass is 432 g/mol. The molecule has 1 unspecified atom stereocenters. The Morgan fingerprint density at radius 3 is 2.43 bits per heavy atom. The van der Waals surface area contributed by atoms with Crippen molar-refractivity contribution in [2.75, 3.05) is 26.1 Å². The molecule has 8 nitrogen and oxygen atoms in total. The Hall–Kier alpha value is -2.91. The third-order valence-corrected chi connectivity index (χ3v) is 7.11. The molecule has 1 aliphatic heterocycles. The summed E-state index contributed by atoms with van der Waals surface area (Å²) >= 11 is 0. The van der Waals surface area contributed by atoms with Crippen LogP contribution < -0.4 is 10.1 Å². The number of sulfonamides is 1. The molecule has 0 saturated carbocycles. The first-order valence-corrected chi connectivity index (χ1v) is 10.9. The van der Waals surface area contributed by atoms with Gasteiger partial charge < -0.3 is 14.8 Å². The van der Waals surface area contributed by atoms with Gasteiger partial charge in [0.25, 0.3) is 0 Å². The van der Waals surface area contributed by atoms with E-state index in [0.717, 1.165) is 0 Å². The Morgan fingerprint density at radius 1 is 1.10 bits per heavy atom. The van der Waals surface area contributed by atoms with Crippen molar-refractivity contribution in [2.24, 2.45) is 0 Å². The highest BCUT2D eigenvalue weighted by molar-refractivity contribution is 7.89. The maximum Gasteiger partial charge on any atom is 0.337 e. The average Bonchev–Trinajstić information content (AvgIpc) is 3.25. The van der Waals surface area contributed by atoms with Crippen LogP contribution in [0.4, 0.5) is 5.69 Å². The molecule has 2 aromatic carbocycles. The van der Waals surface area contributed by atoms with Crippen LogP contribution in [0.15, 0.2) is 47.4 Å². The zero-order valence-electron chi connectivity index (χ0n) is 17.0. The van der Waals surface area contributed by atoms with Crippen LogP contribution in [0.1, 0.15) is 28.8 Å². The second kappa shape index (κ2) is 8.85. The van der Waals surface area contributed by atoms with E-state index in [1.165, 1.54) is 36.7 Å². The molecular formula is C21H24N2O6S. The molecule has 0 radical (unpaired) electrons. The van der Waals surface area contributed by atoms with Crippen LogP contribution in [0.25, 0.3) is 0 Å². The number of amides is 1. The Bertz CT molecular complexity index is 1050. The lowest BCUT2D eigenvalue weighted by molar-refractivity contribution is -0.119. The maximum atomic E-state index is 13.3.